The van der Waals surface area contributed by atoms with Gasteiger partial charge < -0.3 is 10.2 Å². The van der Waals surface area contributed by atoms with Gasteiger partial charge in [0, 0.05) is 5.56 Å². The SMILES string of the molecule is Cc1cccc(-c2cc(C)cc(O)c2O)c1. The lowest BCUT2D eigenvalue weighted by Crippen LogP contribution is -1.83. The average Bonchev–Trinajstić information content (AvgIpc) is 2.23. The molecular weight excluding hydrogens is 200 g/mol. The summed E-state index contributed by atoms with van der Waals surface area (Å²) in [6.45, 7) is 3.88. The molecule has 0 aliphatic rings. The van der Waals surface area contributed by atoms with Gasteiger partial charge in [0.05, 0.1) is 0 Å². The highest BCUT2D eigenvalue weighted by Crippen LogP contribution is 2.37. The number of benzene rings is 2. The Labute approximate surface area is 94.8 Å². The fourth-order valence-corrected chi connectivity index (χ4v) is 1.79. The van der Waals surface area contributed by atoms with Crippen molar-refractivity contribution >= 4 is 0 Å². The van der Waals surface area contributed by atoms with Gasteiger partial charge in [0.25, 0.3) is 0 Å². The predicted octanol–water partition coefficient (Wildman–Crippen LogP) is 3.38. The van der Waals surface area contributed by atoms with Crippen LogP contribution in [0.3, 0.4) is 0 Å². The van der Waals surface area contributed by atoms with Crippen molar-refractivity contribution in [2.24, 2.45) is 0 Å². The first-order valence-electron chi connectivity index (χ1n) is 5.17. The Kier molecular flexibility index (Phi) is 2.57. The normalized spacial score (nSPS) is 10.4. The third kappa shape index (κ3) is 1.87. The predicted molar refractivity (Wildman–Crippen MR) is 64.7 cm³/mol. The number of aromatic hydroxyl groups is 2. The molecule has 0 amide bonds. The zero-order chi connectivity index (χ0) is 11.7. The van der Waals surface area contributed by atoms with E-state index in [1.807, 2.05) is 44.2 Å². The molecule has 2 N–H and O–H groups in total. The summed E-state index contributed by atoms with van der Waals surface area (Å²) in [6.07, 6.45) is 0. The molecule has 2 aromatic carbocycles. The van der Waals surface area contributed by atoms with Gasteiger partial charge in [-0.05, 0) is 37.1 Å². The standard InChI is InChI=1S/C14H14O2/c1-9-4-3-5-11(6-9)12-7-10(2)8-13(15)14(12)16/h3-8,15-16H,1-2H3. The summed E-state index contributed by atoms with van der Waals surface area (Å²) in [7, 11) is 0. The summed E-state index contributed by atoms with van der Waals surface area (Å²) in [4.78, 5) is 0. The Bertz CT molecular complexity index is 530. The van der Waals surface area contributed by atoms with Gasteiger partial charge in [-0.25, -0.2) is 0 Å². The minimum Gasteiger partial charge on any atom is -0.504 e. The summed E-state index contributed by atoms with van der Waals surface area (Å²) < 4.78 is 0. The van der Waals surface area contributed by atoms with E-state index in [-0.39, 0.29) is 11.5 Å². The molecule has 0 aromatic heterocycles. The van der Waals surface area contributed by atoms with Crippen LogP contribution in [-0.4, -0.2) is 10.2 Å². The second kappa shape index (κ2) is 3.89. The number of phenolic OH excluding ortho intramolecular Hbond substituents is 2. The van der Waals surface area contributed by atoms with E-state index in [1.165, 1.54) is 0 Å². The molecule has 2 nitrogen and oxygen atoms in total. The minimum absolute atomic E-state index is 0.0591. The second-order valence-corrected chi connectivity index (χ2v) is 4.05. The molecule has 0 spiro atoms. The largest absolute Gasteiger partial charge is 0.504 e. The summed E-state index contributed by atoms with van der Waals surface area (Å²) in [5, 5.41) is 19.4. The van der Waals surface area contributed by atoms with E-state index < -0.39 is 0 Å². The van der Waals surface area contributed by atoms with Crippen molar-refractivity contribution in [2.45, 2.75) is 13.8 Å². The number of rotatable bonds is 1. The highest BCUT2D eigenvalue weighted by molar-refractivity contribution is 5.74. The molecule has 2 rings (SSSR count). The smallest absolute Gasteiger partial charge is 0.165 e. The highest BCUT2D eigenvalue weighted by atomic mass is 16.3. The summed E-state index contributed by atoms with van der Waals surface area (Å²) in [5.74, 6) is -0.132. The van der Waals surface area contributed by atoms with Gasteiger partial charge in [0.2, 0.25) is 0 Å². The Morgan fingerprint density at radius 2 is 1.62 bits per heavy atom. The van der Waals surface area contributed by atoms with Gasteiger partial charge in [-0.2, -0.15) is 0 Å². The van der Waals surface area contributed by atoms with Gasteiger partial charge in [0.1, 0.15) is 0 Å². The van der Waals surface area contributed by atoms with Crippen LogP contribution in [0, 0.1) is 13.8 Å². The Hall–Kier alpha value is -1.96. The highest BCUT2D eigenvalue weighted by Gasteiger charge is 2.09. The number of hydrogen-bond acceptors (Lipinski definition) is 2. The van der Waals surface area contributed by atoms with Crippen molar-refractivity contribution in [3.63, 3.8) is 0 Å². The quantitative estimate of drug-likeness (QED) is 0.714. The van der Waals surface area contributed by atoms with E-state index in [4.69, 9.17) is 0 Å². The molecule has 0 saturated heterocycles. The van der Waals surface area contributed by atoms with Gasteiger partial charge >= 0.3 is 0 Å². The molecule has 0 heterocycles. The molecule has 0 unspecified atom stereocenters. The molecular formula is C14H14O2. The van der Waals surface area contributed by atoms with Crippen molar-refractivity contribution in [3.8, 4) is 22.6 Å². The Morgan fingerprint density at radius 3 is 2.31 bits per heavy atom. The summed E-state index contributed by atoms with van der Waals surface area (Å²) in [5.41, 5.74) is 3.63. The summed E-state index contributed by atoms with van der Waals surface area (Å²) in [6, 6.07) is 11.2. The maximum atomic E-state index is 9.82. The maximum Gasteiger partial charge on any atom is 0.165 e. The topological polar surface area (TPSA) is 40.5 Å². The van der Waals surface area contributed by atoms with Crippen LogP contribution in [0.15, 0.2) is 36.4 Å². The van der Waals surface area contributed by atoms with E-state index in [9.17, 15) is 10.2 Å². The molecule has 0 atom stereocenters. The van der Waals surface area contributed by atoms with Crippen molar-refractivity contribution in [2.75, 3.05) is 0 Å². The number of hydrogen-bond donors (Lipinski definition) is 2. The number of aryl methyl sites for hydroxylation is 2. The fraction of sp³-hybridized carbons (Fsp3) is 0.143. The molecule has 0 fully saturated rings. The Morgan fingerprint density at radius 1 is 0.875 bits per heavy atom. The molecule has 0 saturated carbocycles. The van der Waals surface area contributed by atoms with Gasteiger partial charge in [0.15, 0.2) is 11.5 Å². The lowest BCUT2D eigenvalue weighted by atomic mass is 10.0. The third-order valence-electron chi connectivity index (χ3n) is 2.56. The van der Waals surface area contributed by atoms with Crippen LogP contribution in [0.4, 0.5) is 0 Å². The van der Waals surface area contributed by atoms with Crippen molar-refractivity contribution in [1.29, 1.82) is 0 Å². The van der Waals surface area contributed by atoms with E-state index in [2.05, 4.69) is 0 Å². The Balaban J connectivity index is 2.64. The first-order chi connectivity index (χ1) is 7.58. The van der Waals surface area contributed by atoms with Gasteiger partial charge in [-0.1, -0.05) is 29.8 Å². The first kappa shape index (κ1) is 10.6. The van der Waals surface area contributed by atoms with E-state index >= 15 is 0 Å². The van der Waals surface area contributed by atoms with Crippen LogP contribution in [0.1, 0.15) is 11.1 Å². The molecule has 0 aliphatic carbocycles. The van der Waals surface area contributed by atoms with Crippen LogP contribution >= 0.6 is 0 Å². The van der Waals surface area contributed by atoms with Crippen LogP contribution in [0.5, 0.6) is 11.5 Å². The average molecular weight is 214 g/mol. The van der Waals surface area contributed by atoms with Gasteiger partial charge in [-0.15, -0.1) is 0 Å². The maximum absolute atomic E-state index is 9.82. The van der Waals surface area contributed by atoms with Crippen molar-refractivity contribution in [1.82, 2.24) is 0 Å². The van der Waals surface area contributed by atoms with Crippen LogP contribution in [-0.2, 0) is 0 Å². The molecule has 2 aromatic rings. The van der Waals surface area contributed by atoms with Crippen LogP contribution < -0.4 is 0 Å². The second-order valence-electron chi connectivity index (χ2n) is 4.05. The van der Waals surface area contributed by atoms with E-state index in [1.54, 1.807) is 6.07 Å². The zero-order valence-electron chi connectivity index (χ0n) is 9.36. The molecule has 2 heteroatoms. The zero-order valence-corrected chi connectivity index (χ0v) is 9.36. The van der Waals surface area contributed by atoms with Crippen molar-refractivity contribution in [3.05, 3.63) is 47.5 Å². The lowest BCUT2D eigenvalue weighted by Gasteiger charge is -2.08. The molecule has 0 radical (unpaired) electrons. The molecule has 0 bridgehead atoms. The monoisotopic (exact) mass is 214 g/mol. The lowest BCUT2D eigenvalue weighted by molar-refractivity contribution is 0.405. The van der Waals surface area contributed by atoms with Gasteiger partial charge in [-0.3, -0.25) is 0 Å². The molecule has 16 heavy (non-hydrogen) atoms. The third-order valence-corrected chi connectivity index (χ3v) is 2.56. The number of phenols is 2. The van der Waals surface area contributed by atoms with Crippen LogP contribution in [0.25, 0.3) is 11.1 Å². The summed E-state index contributed by atoms with van der Waals surface area (Å²) >= 11 is 0. The first-order valence-corrected chi connectivity index (χ1v) is 5.17. The fourth-order valence-electron chi connectivity index (χ4n) is 1.79. The van der Waals surface area contributed by atoms with E-state index in [0.29, 0.717) is 5.56 Å². The van der Waals surface area contributed by atoms with Crippen LogP contribution in [0.2, 0.25) is 0 Å². The van der Waals surface area contributed by atoms with E-state index in [0.717, 1.165) is 16.7 Å². The molecule has 82 valence electrons. The van der Waals surface area contributed by atoms with Crippen molar-refractivity contribution < 1.29 is 10.2 Å². The minimum atomic E-state index is -0.0727. The molecule has 0 aliphatic heterocycles.